The molecule has 0 aromatic carbocycles. The summed E-state index contributed by atoms with van der Waals surface area (Å²) in [5.74, 6) is 3.38. The predicted molar refractivity (Wildman–Crippen MR) is 121 cm³/mol. The van der Waals surface area contributed by atoms with Crippen LogP contribution in [-0.4, -0.2) is 22.8 Å². The lowest BCUT2D eigenvalue weighted by Crippen LogP contribution is -2.45. The van der Waals surface area contributed by atoms with E-state index in [2.05, 4.69) is 39.9 Å². The minimum Gasteiger partial charge on any atom is -0.393 e. The smallest absolute Gasteiger partial charge is 0.0543 e. The molecule has 2 nitrogen and oxygen atoms in total. The monoisotopic (exact) mass is 399 g/mol. The number of hydrogen-bond donors (Lipinski definition) is 2. The van der Waals surface area contributed by atoms with Gasteiger partial charge in [-0.15, -0.1) is 0 Å². The molecular weight excluding hydrogens is 354 g/mol. The molecule has 2 heteroatoms. The van der Waals surface area contributed by atoms with E-state index in [0.29, 0.717) is 16.4 Å². The van der Waals surface area contributed by atoms with Gasteiger partial charge in [0.05, 0.1) is 6.10 Å². The largest absolute Gasteiger partial charge is 0.393 e. The molecule has 0 bridgehead atoms. The summed E-state index contributed by atoms with van der Waals surface area (Å²) < 4.78 is 0. The van der Waals surface area contributed by atoms with Crippen LogP contribution in [0.25, 0.3) is 0 Å². The third-order valence-electron chi connectivity index (χ3n) is 11.0. The van der Waals surface area contributed by atoms with Crippen molar-refractivity contribution in [3.05, 3.63) is 11.1 Å². The van der Waals surface area contributed by atoms with E-state index in [0.717, 1.165) is 42.6 Å². The Hall–Kier alpha value is -0.340. The molecule has 1 aliphatic heterocycles. The SMILES string of the molecule is C[C@H](CC[C@@H]1NC1(C)C)[C@H]1CC[C@H]2C3=C(CC[C@]12C)[C@@]1(C)CC[C@H](O)C[C@@H]1CC3. The molecule has 1 heterocycles. The quantitative estimate of drug-likeness (QED) is 0.434. The summed E-state index contributed by atoms with van der Waals surface area (Å²) in [5, 5.41) is 13.9. The highest BCUT2D eigenvalue weighted by molar-refractivity contribution is 5.34. The van der Waals surface area contributed by atoms with E-state index in [1.807, 2.05) is 11.1 Å². The van der Waals surface area contributed by atoms with Crippen LogP contribution in [0.15, 0.2) is 11.1 Å². The fraction of sp³-hybridized carbons (Fsp3) is 0.926. The first kappa shape index (κ1) is 20.6. The van der Waals surface area contributed by atoms with E-state index in [9.17, 15) is 5.11 Å². The number of aliphatic hydroxyl groups is 1. The van der Waals surface area contributed by atoms with Crippen molar-refractivity contribution in [1.29, 1.82) is 0 Å². The van der Waals surface area contributed by atoms with Gasteiger partial charge in [0.2, 0.25) is 0 Å². The Kier molecular flexibility index (Phi) is 4.84. The van der Waals surface area contributed by atoms with Crippen molar-refractivity contribution >= 4 is 0 Å². The highest BCUT2D eigenvalue weighted by Crippen LogP contribution is 2.66. The molecule has 0 radical (unpaired) electrons. The average molecular weight is 400 g/mol. The van der Waals surface area contributed by atoms with Crippen molar-refractivity contribution in [2.45, 2.75) is 123 Å². The number of fused-ring (bicyclic) bond motifs is 4. The van der Waals surface area contributed by atoms with Crippen LogP contribution in [0.2, 0.25) is 0 Å². The minimum absolute atomic E-state index is 0.0354. The highest BCUT2D eigenvalue weighted by atomic mass is 16.3. The van der Waals surface area contributed by atoms with Gasteiger partial charge in [-0.25, -0.2) is 0 Å². The molecular formula is C27H45NO. The van der Waals surface area contributed by atoms with Gasteiger partial charge in [-0.05, 0) is 119 Å². The maximum Gasteiger partial charge on any atom is 0.0543 e. The molecule has 1 saturated heterocycles. The molecule has 2 saturated carbocycles. The first-order chi connectivity index (χ1) is 13.6. The van der Waals surface area contributed by atoms with Crippen LogP contribution < -0.4 is 5.32 Å². The number of nitrogens with one attached hydrogen (secondary N) is 1. The summed E-state index contributed by atoms with van der Waals surface area (Å²) >= 11 is 0. The molecule has 4 aliphatic carbocycles. The lowest BCUT2D eigenvalue weighted by molar-refractivity contribution is 0.0132. The zero-order valence-corrected chi connectivity index (χ0v) is 19.7. The van der Waals surface area contributed by atoms with Crippen LogP contribution in [-0.2, 0) is 0 Å². The van der Waals surface area contributed by atoms with Crippen LogP contribution in [0.3, 0.4) is 0 Å². The van der Waals surface area contributed by atoms with E-state index in [4.69, 9.17) is 0 Å². The Labute approximate surface area is 179 Å². The van der Waals surface area contributed by atoms with E-state index in [-0.39, 0.29) is 6.10 Å². The second-order valence-corrected chi connectivity index (χ2v) is 12.8. The fourth-order valence-electron chi connectivity index (χ4n) is 8.88. The molecule has 8 atom stereocenters. The first-order valence-electron chi connectivity index (χ1n) is 12.8. The van der Waals surface area contributed by atoms with Gasteiger partial charge < -0.3 is 10.4 Å². The second-order valence-electron chi connectivity index (χ2n) is 12.8. The Morgan fingerprint density at radius 1 is 1.03 bits per heavy atom. The zero-order valence-electron chi connectivity index (χ0n) is 19.7. The van der Waals surface area contributed by atoms with Crippen molar-refractivity contribution in [1.82, 2.24) is 5.32 Å². The van der Waals surface area contributed by atoms with Crippen LogP contribution in [0.5, 0.6) is 0 Å². The molecule has 0 spiro atoms. The molecule has 5 aliphatic rings. The summed E-state index contributed by atoms with van der Waals surface area (Å²) in [6, 6.07) is 0.757. The van der Waals surface area contributed by atoms with Gasteiger partial charge in [-0.3, -0.25) is 0 Å². The van der Waals surface area contributed by atoms with Crippen molar-refractivity contribution in [3.63, 3.8) is 0 Å². The van der Waals surface area contributed by atoms with Crippen LogP contribution >= 0.6 is 0 Å². The number of aliphatic hydroxyl groups excluding tert-OH is 1. The molecule has 29 heavy (non-hydrogen) atoms. The summed E-state index contributed by atoms with van der Waals surface area (Å²) in [7, 11) is 0. The molecule has 164 valence electrons. The topological polar surface area (TPSA) is 42.2 Å². The molecule has 0 amide bonds. The van der Waals surface area contributed by atoms with Gasteiger partial charge >= 0.3 is 0 Å². The van der Waals surface area contributed by atoms with Crippen LogP contribution in [0.4, 0.5) is 0 Å². The van der Waals surface area contributed by atoms with Crippen molar-refractivity contribution in [2.24, 2.45) is 34.5 Å². The second kappa shape index (κ2) is 6.83. The van der Waals surface area contributed by atoms with E-state index >= 15 is 0 Å². The Bertz CT molecular complexity index is 695. The van der Waals surface area contributed by atoms with Gasteiger partial charge in [0.1, 0.15) is 0 Å². The highest BCUT2D eigenvalue weighted by Gasteiger charge is 2.56. The number of rotatable bonds is 4. The summed E-state index contributed by atoms with van der Waals surface area (Å²) in [5.41, 5.74) is 5.13. The Balaban J connectivity index is 1.33. The van der Waals surface area contributed by atoms with E-state index in [1.165, 1.54) is 57.8 Å². The molecule has 3 fully saturated rings. The van der Waals surface area contributed by atoms with E-state index < -0.39 is 0 Å². The van der Waals surface area contributed by atoms with E-state index in [1.54, 1.807) is 0 Å². The van der Waals surface area contributed by atoms with Gasteiger partial charge in [-0.2, -0.15) is 0 Å². The van der Waals surface area contributed by atoms with Gasteiger partial charge in [0.15, 0.2) is 0 Å². The average Bonchev–Trinajstić information content (AvgIpc) is 3.11. The minimum atomic E-state index is -0.0354. The van der Waals surface area contributed by atoms with Gasteiger partial charge in [-0.1, -0.05) is 31.9 Å². The van der Waals surface area contributed by atoms with Crippen LogP contribution in [0, 0.1) is 34.5 Å². The zero-order chi connectivity index (χ0) is 20.6. The molecule has 0 unspecified atom stereocenters. The molecule has 0 aromatic rings. The first-order valence-corrected chi connectivity index (χ1v) is 12.8. The van der Waals surface area contributed by atoms with Crippen molar-refractivity contribution < 1.29 is 5.11 Å². The van der Waals surface area contributed by atoms with Crippen molar-refractivity contribution in [3.8, 4) is 0 Å². The summed E-state index contributed by atoms with van der Waals surface area (Å²) in [6.07, 6.45) is 14.4. The molecule has 0 aromatic heterocycles. The maximum absolute atomic E-state index is 10.3. The number of allylic oxidation sites excluding steroid dienone is 2. The van der Waals surface area contributed by atoms with Crippen molar-refractivity contribution in [2.75, 3.05) is 0 Å². The fourth-order valence-corrected chi connectivity index (χ4v) is 8.88. The third-order valence-corrected chi connectivity index (χ3v) is 11.0. The lowest BCUT2D eigenvalue weighted by Gasteiger charge is -2.55. The van der Waals surface area contributed by atoms with Gasteiger partial charge in [0.25, 0.3) is 0 Å². The van der Waals surface area contributed by atoms with Crippen LogP contribution in [0.1, 0.15) is 105 Å². The predicted octanol–water partition coefficient (Wildman–Crippen LogP) is 6.24. The standard InChI is InChI=1S/C27H45NO/c1-17(6-11-24-25(2,3)28-24)21-9-10-22-20-8-7-18-16-19(29)12-14-26(18,4)23(20)13-15-27(21,22)5/h17-19,21-22,24,28-29H,6-16H2,1-5H3/t17-,18+,19+,21-,22+,24+,26+,27-/m1/s1. The summed E-state index contributed by atoms with van der Waals surface area (Å²) in [4.78, 5) is 0. The number of hydrogen-bond acceptors (Lipinski definition) is 2. The van der Waals surface area contributed by atoms with Gasteiger partial charge in [0, 0.05) is 11.6 Å². The summed E-state index contributed by atoms with van der Waals surface area (Å²) in [6.45, 7) is 12.5. The third kappa shape index (κ3) is 3.18. The molecule has 5 rings (SSSR count). The Morgan fingerprint density at radius 3 is 2.52 bits per heavy atom. The molecule has 2 N–H and O–H groups in total. The normalized spacial score (nSPS) is 49.2. The Morgan fingerprint density at radius 2 is 1.79 bits per heavy atom. The maximum atomic E-state index is 10.3. The lowest BCUT2D eigenvalue weighted by atomic mass is 9.50.